The van der Waals surface area contributed by atoms with Gasteiger partial charge in [-0.15, -0.1) is 0 Å². The van der Waals surface area contributed by atoms with E-state index in [1.807, 2.05) is 67.6 Å². The topological polar surface area (TPSA) is 133 Å². The van der Waals surface area contributed by atoms with E-state index in [0.717, 1.165) is 33.9 Å². The van der Waals surface area contributed by atoms with E-state index in [9.17, 15) is 29.4 Å². The first kappa shape index (κ1) is 31.0. The van der Waals surface area contributed by atoms with Crippen LogP contribution in [-0.4, -0.2) is 71.7 Å². The minimum absolute atomic E-state index is 0.0416. The summed E-state index contributed by atoms with van der Waals surface area (Å²) in [6, 6.07) is 9.71. The monoisotopic (exact) mass is 587 g/mol. The molecule has 224 valence electrons. The Morgan fingerprint density at radius 3 is 2.02 bits per heavy atom. The standard InChI is InChI=1S/C33H34N2O8/c1-32(2)22-16-20(30(38)39)12-14-24(22)34(18-28(36)42-5)26(32)10-8-7-9-11-27-33(3,4)23-17-21(31(40)41)13-15-25(23)35(27)19-29(37)43-6/h7-17H,18-19H2,1-6H3,(H-,38,39,40,41)/p+1. The second kappa shape index (κ2) is 11.7. The molecule has 4 rings (SSSR count). The van der Waals surface area contributed by atoms with Gasteiger partial charge in [0.15, 0.2) is 5.71 Å². The van der Waals surface area contributed by atoms with Crippen LogP contribution in [0.2, 0.25) is 0 Å². The largest absolute Gasteiger partial charge is 0.478 e. The van der Waals surface area contributed by atoms with Crippen LogP contribution in [0, 0.1) is 0 Å². The van der Waals surface area contributed by atoms with E-state index in [1.165, 1.54) is 26.4 Å². The molecule has 0 bridgehead atoms. The lowest BCUT2D eigenvalue weighted by atomic mass is 9.81. The van der Waals surface area contributed by atoms with Crippen molar-refractivity contribution in [1.29, 1.82) is 0 Å². The molecule has 0 saturated carbocycles. The zero-order valence-corrected chi connectivity index (χ0v) is 25.0. The molecule has 10 nitrogen and oxygen atoms in total. The molecule has 0 spiro atoms. The number of allylic oxidation sites excluding steroid dienone is 6. The van der Waals surface area contributed by atoms with Gasteiger partial charge in [-0.3, -0.25) is 4.79 Å². The second-order valence-corrected chi connectivity index (χ2v) is 11.3. The number of carbonyl (C=O) groups excluding carboxylic acids is 2. The number of esters is 2. The summed E-state index contributed by atoms with van der Waals surface area (Å²) < 4.78 is 11.7. The number of carbonyl (C=O) groups is 4. The van der Waals surface area contributed by atoms with Gasteiger partial charge in [-0.2, -0.15) is 4.58 Å². The third kappa shape index (κ3) is 5.73. The summed E-state index contributed by atoms with van der Waals surface area (Å²) in [7, 11) is 2.64. The molecule has 0 amide bonds. The van der Waals surface area contributed by atoms with Crippen LogP contribution in [0.25, 0.3) is 0 Å². The number of aromatic carboxylic acids is 2. The van der Waals surface area contributed by atoms with Gasteiger partial charge in [0.25, 0.3) is 0 Å². The van der Waals surface area contributed by atoms with Gasteiger partial charge in [-0.25, -0.2) is 14.4 Å². The van der Waals surface area contributed by atoms with Crippen molar-refractivity contribution in [3.63, 3.8) is 0 Å². The Morgan fingerprint density at radius 2 is 1.42 bits per heavy atom. The van der Waals surface area contributed by atoms with E-state index in [4.69, 9.17) is 9.47 Å². The Hall–Kier alpha value is -4.99. The number of hydrogen-bond acceptors (Lipinski definition) is 7. The highest BCUT2D eigenvalue weighted by atomic mass is 16.5. The first-order valence-corrected chi connectivity index (χ1v) is 13.6. The van der Waals surface area contributed by atoms with Crippen molar-refractivity contribution in [2.45, 2.75) is 38.5 Å². The molecule has 2 heterocycles. The van der Waals surface area contributed by atoms with Crippen LogP contribution in [0.4, 0.5) is 11.4 Å². The van der Waals surface area contributed by atoms with Crippen LogP contribution in [0.15, 0.2) is 72.5 Å². The summed E-state index contributed by atoms with van der Waals surface area (Å²) >= 11 is 0. The molecule has 0 saturated heterocycles. The van der Waals surface area contributed by atoms with Gasteiger partial charge in [-0.1, -0.05) is 32.1 Å². The smallest absolute Gasteiger partial charge is 0.372 e. The summed E-state index contributed by atoms with van der Waals surface area (Å²) in [5, 5.41) is 19.1. The molecule has 0 radical (unpaired) electrons. The van der Waals surface area contributed by atoms with Crippen molar-refractivity contribution in [2.24, 2.45) is 0 Å². The quantitative estimate of drug-likeness (QED) is 0.245. The number of anilines is 1. The number of benzene rings is 2. The molecule has 2 N–H and O–H groups in total. The number of carboxylic acids is 2. The predicted octanol–water partition coefficient (Wildman–Crippen LogP) is 4.60. The maximum absolute atomic E-state index is 12.3. The summed E-state index contributed by atoms with van der Waals surface area (Å²) in [5.41, 5.74) is 3.72. The number of ether oxygens (including phenoxy) is 2. The molecule has 0 atom stereocenters. The van der Waals surface area contributed by atoms with Gasteiger partial charge < -0.3 is 24.6 Å². The molecule has 0 aliphatic carbocycles. The highest BCUT2D eigenvalue weighted by Crippen LogP contribution is 2.48. The van der Waals surface area contributed by atoms with Gasteiger partial charge in [0.1, 0.15) is 6.54 Å². The van der Waals surface area contributed by atoms with Crippen LogP contribution < -0.4 is 4.90 Å². The molecule has 0 aromatic heterocycles. The summed E-state index contributed by atoms with van der Waals surface area (Å²) in [6.07, 6.45) is 9.21. The highest BCUT2D eigenvalue weighted by molar-refractivity contribution is 6.04. The minimum atomic E-state index is -1.03. The number of hydrogen-bond donors (Lipinski definition) is 2. The number of nitrogens with zero attached hydrogens (tertiary/aromatic N) is 2. The molecule has 0 unspecified atom stereocenters. The van der Waals surface area contributed by atoms with Crippen molar-refractivity contribution in [3.8, 4) is 0 Å². The Morgan fingerprint density at radius 1 is 0.814 bits per heavy atom. The van der Waals surface area contributed by atoms with Gasteiger partial charge in [0, 0.05) is 34.5 Å². The van der Waals surface area contributed by atoms with E-state index in [1.54, 1.807) is 24.3 Å². The normalized spacial score (nSPS) is 17.4. The maximum atomic E-state index is 12.3. The van der Waals surface area contributed by atoms with Crippen LogP contribution in [0.5, 0.6) is 0 Å². The molecular formula is C33H35N2O8+. The van der Waals surface area contributed by atoms with Crippen LogP contribution in [-0.2, 0) is 29.9 Å². The van der Waals surface area contributed by atoms with Crippen LogP contribution in [0.1, 0.15) is 59.5 Å². The minimum Gasteiger partial charge on any atom is -0.478 e. The van der Waals surface area contributed by atoms with E-state index >= 15 is 0 Å². The Labute approximate surface area is 249 Å². The van der Waals surface area contributed by atoms with Gasteiger partial charge in [0.2, 0.25) is 12.2 Å². The number of carboxylic acid groups (broad SMARTS) is 2. The zero-order chi connectivity index (χ0) is 31.7. The maximum Gasteiger partial charge on any atom is 0.372 e. The van der Waals surface area contributed by atoms with Crippen molar-refractivity contribution in [2.75, 3.05) is 32.2 Å². The summed E-state index contributed by atoms with van der Waals surface area (Å²) in [4.78, 5) is 49.7. The SMILES string of the molecule is COC(=O)CN1/C(=C/C=C/C=C/C2=[N+](CC(=O)OC)c3ccc(C(=O)O)cc3C2(C)C)C(C)(C)c2cc(C(=O)O)ccc21. The van der Waals surface area contributed by atoms with E-state index in [2.05, 4.69) is 0 Å². The van der Waals surface area contributed by atoms with Crippen LogP contribution in [0.3, 0.4) is 0 Å². The summed E-state index contributed by atoms with van der Waals surface area (Å²) in [5.74, 6) is -2.93. The first-order chi connectivity index (χ1) is 20.2. The number of fused-ring (bicyclic) bond motifs is 2. The van der Waals surface area contributed by atoms with E-state index < -0.39 is 34.7 Å². The second-order valence-electron chi connectivity index (χ2n) is 11.3. The average Bonchev–Trinajstić information content (AvgIpc) is 3.30. The summed E-state index contributed by atoms with van der Waals surface area (Å²) in [6.45, 7) is 7.78. The average molecular weight is 588 g/mol. The van der Waals surface area contributed by atoms with E-state index in [-0.39, 0.29) is 24.2 Å². The molecular weight excluding hydrogens is 552 g/mol. The number of methoxy groups -OCH3 is 2. The fraction of sp³-hybridized carbons (Fsp3) is 0.303. The molecule has 10 heteroatoms. The number of rotatable bonds is 9. The Balaban J connectivity index is 1.70. The molecule has 2 aliphatic heterocycles. The lowest BCUT2D eigenvalue weighted by molar-refractivity contribution is -0.428. The van der Waals surface area contributed by atoms with Gasteiger partial charge in [0.05, 0.1) is 30.8 Å². The van der Waals surface area contributed by atoms with Crippen molar-refractivity contribution < 1.29 is 43.4 Å². The van der Waals surface area contributed by atoms with Crippen LogP contribution >= 0.6 is 0 Å². The Kier molecular flexibility index (Phi) is 8.43. The fourth-order valence-electron chi connectivity index (χ4n) is 5.70. The predicted molar refractivity (Wildman–Crippen MR) is 160 cm³/mol. The molecule has 2 aromatic carbocycles. The highest BCUT2D eigenvalue weighted by Gasteiger charge is 2.45. The third-order valence-corrected chi connectivity index (χ3v) is 8.04. The van der Waals surface area contributed by atoms with Crippen molar-refractivity contribution >= 4 is 41.0 Å². The Bertz CT molecular complexity index is 1640. The van der Waals surface area contributed by atoms with Gasteiger partial charge in [-0.05, 0) is 55.8 Å². The third-order valence-electron chi connectivity index (χ3n) is 8.04. The molecule has 2 aliphatic rings. The molecule has 0 fully saturated rings. The van der Waals surface area contributed by atoms with Gasteiger partial charge >= 0.3 is 23.9 Å². The molecule has 2 aromatic rings. The van der Waals surface area contributed by atoms with E-state index in [0.29, 0.717) is 0 Å². The van der Waals surface area contributed by atoms with Crippen molar-refractivity contribution in [3.05, 3.63) is 94.7 Å². The first-order valence-electron chi connectivity index (χ1n) is 13.6. The fourth-order valence-corrected chi connectivity index (χ4v) is 5.70. The molecule has 43 heavy (non-hydrogen) atoms. The lowest BCUT2D eigenvalue weighted by Crippen LogP contribution is -2.31. The zero-order valence-electron chi connectivity index (χ0n) is 25.0. The van der Waals surface area contributed by atoms with Crippen molar-refractivity contribution in [1.82, 2.24) is 0 Å². The lowest BCUT2D eigenvalue weighted by Gasteiger charge is -2.26.